The highest BCUT2D eigenvalue weighted by atomic mass is 79.9. The van der Waals surface area contributed by atoms with Crippen LogP contribution in [0.5, 0.6) is 0 Å². The summed E-state index contributed by atoms with van der Waals surface area (Å²) in [7, 11) is 0. The number of hydrogen-bond donors (Lipinski definition) is 0. The number of carbonyl (C=O) groups excluding carboxylic acids is 1. The van der Waals surface area contributed by atoms with Crippen molar-refractivity contribution in [2.75, 3.05) is 18.5 Å². The van der Waals surface area contributed by atoms with Crippen molar-refractivity contribution in [2.45, 2.75) is 77.6 Å². The summed E-state index contributed by atoms with van der Waals surface area (Å²) in [5.41, 5.74) is 0. The molecule has 0 heterocycles. The number of ether oxygens (including phenoxy) is 2. The van der Waals surface area contributed by atoms with Crippen molar-refractivity contribution in [3.8, 4) is 0 Å². The van der Waals surface area contributed by atoms with Gasteiger partial charge in [0, 0.05) is 5.33 Å². The molecule has 0 aromatic heterocycles. The van der Waals surface area contributed by atoms with Crippen LogP contribution >= 0.6 is 15.9 Å². The molecule has 0 saturated carbocycles. The van der Waals surface area contributed by atoms with Gasteiger partial charge in [-0.1, -0.05) is 74.2 Å². The van der Waals surface area contributed by atoms with Crippen molar-refractivity contribution in [1.82, 2.24) is 0 Å². The lowest BCUT2D eigenvalue weighted by atomic mass is 10.1. The monoisotopic (exact) mass is 350 g/mol. The summed E-state index contributed by atoms with van der Waals surface area (Å²) in [6, 6.07) is 0. The molecule has 0 radical (unpaired) electrons. The third kappa shape index (κ3) is 15.8. The van der Waals surface area contributed by atoms with Crippen molar-refractivity contribution in [3.63, 3.8) is 0 Å². The number of halogens is 1. The van der Waals surface area contributed by atoms with E-state index in [1.807, 2.05) is 0 Å². The molecule has 0 rings (SSSR count). The molecule has 0 amide bonds. The lowest BCUT2D eigenvalue weighted by Crippen LogP contribution is -2.09. The largest absolute Gasteiger partial charge is 0.508 e. The first-order valence-electron chi connectivity index (χ1n) is 8.16. The molecule has 20 heavy (non-hydrogen) atoms. The second-order valence-electron chi connectivity index (χ2n) is 5.17. The number of alkyl halides is 1. The van der Waals surface area contributed by atoms with Crippen LogP contribution < -0.4 is 0 Å². The molecule has 0 saturated heterocycles. The van der Waals surface area contributed by atoms with E-state index in [0.29, 0.717) is 13.2 Å². The number of rotatable bonds is 14. The van der Waals surface area contributed by atoms with Gasteiger partial charge in [0.15, 0.2) is 0 Å². The topological polar surface area (TPSA) is 35.5 Å². The van der Waals surface area contributed by atoms with Crippen LogP contribution in [0.15, 0.2) is 0 Å². The van der Waals surface area contributed by atoms with Gasteiger partial charge in [0.1, 0.15) is 0 Å². The fraction of sp³-hybridized carbons (Fsp3) is 0.938. The fourth-order valence-electron chi connectivity index (χ4n) is 1.96. The van der Waals surface area contributed by atoms with Gasteiger partial charge in [-0.2, -0.15) is 0 Å². The van der Waals surface area contributed by atoms with E-state index in [-0.39, 0.29) is 0 Å². The Kier molecular flexibility index (Phi) is 16.6. The fourth-order valence-corrected chi connectivity index (χ4v) is 2.36. The molecule has 0 unspecified atom stereocenters. The minimum atomic E-state index is -0.515. The zero-order chi connectivity index (χ0) is 14.9. The van der Waals surface area contributed by atoms with E-state index in [1.165, 1.54) is 44.9 Å². The lowest BCUT2D eigenvalue weighted by molar-refractivity contribution is 0.0533. The second-order valence-corrected chi connectivity index (χ2v) is 5.96. The average molecular weight is 351 g/mol. The molecule has 4 heteroatoms. The van der Waals surface area contributed by atoms with Crippen LogP contribution in [-0.4, -0.2) is 24.7 Å². The minimum absolute atomic E-state index is 0.461. The second kappa shape index (κ2) is 16.8. The molecule has 0 aliphatic carbocycles. The smallest absolute Gasteiger partial charge is 0.434 e. The Morgan fingerprint density at radius 1 is 0.750 bits per heavy atom. The molecule has 3 nitrogen and oxygen atoms in total. The summed E-state index contributed by atoms with van der Waals surface area (Å²) in [4.78, 5) is 11.2. The SMILES string of the molecule is CCCCCCCCCCCOC(=O)OCCCCBr. The summed E-state index contributed by atoms with van der Waals surface area (Å²) >= 11 is 3.33. The molecule has 120 valence electrons. The molecule has 0 aromatic carbocycles. The Morgan fingerprint density at radius 2 is 1.20 bits per heavy atom. The van der Waals surface area contributed by atoms with Gasteiger partial charge in [0.05, 0.1) is 13.2 Å². The van der Waals surface area contributed by atoms with E-state index in [0.717, 1.165) is 31.0 Å². The third-order valence-corrected chi connectivity index (χ3v) is 3.78. The first-order chi connectivity index (χ1) is 9.81. The van der Waals surface area contributed by atoms with E-state index in [2.05, 4.69) is 22.9 Å². The highest BCUT2D eigenvalue weighted by Crippen LogP contribution is 2.09. The van der Waals surface area contributed by atoms with Gasteiger partial charge in [-0.05, 0) is 19.3 Å². The zero-order valence-electron chi connectivity index (χ0n) is 13.0. The predicted molar refractivity (Wildman–Crippen MR) is 87.6 cm³/mol. The molecule has 0 aliphatic rings. The molecular formula is C16H31BrO3. The molecule has 0 atom stereocenters. The van der Waals surface area contributed by atoms with Gasteiger partial charge in [0.25, 0.3) is 0 Å². The quantitative estimate of drug-likeness (QED) is 0.224. The van der Waals surface area contributed by atoms with Gasteiger partial charge in [0.2, 0.25) is 0 Å². The summed E-state index contributed by atoms with van der Waals surface area (Å²) in [5, 5.41) is 0.948. The molecule has 0 aromatic rings. The number of unbranched alkanes of at least 4 members (excludes halogenated alkanes) is 9. The van der Waals surface area contributed by atoms with Crippen LogP contribution in [0.1, 0.15) is 77.6 Å². The molecule has 0 N–H and O–H groups in total. The summed E-state index contributed by atoms with van der Waals surface area (Å²) in [5.74, 6) is 0. The normalized spacial score (nSPS) is 10.5. The Balaban J connectivity index is 3.09. The van der Waals surface area contributed by atoms with Crippen molar-refractivity contribution in [1.29, 1.82) is 0 Å². The molecular weight excluding hydrogens is 320 g/mol. The van der Waals surface area contributed by atoms with E-state index in [4.69, 9.17) is 9.47 Å². The first-order valence-corrected chi connectivity index (χ1v) is 9.29. The third-order valence-electron chi connectivity index (χ3n) is 3.22. The molecule has 0 aliphatic heterocycles. The Morgan fingerprint density at radius 3 is 1.70 bits per heavy atom. The molecule has 0 spiro atoms. The van der Waals surface area contributed by atoms with E-state index in [9.17, 15) is 4.79 Å². The average Bonchev–Trinajstić information content (AvgIpc) is 2.45. The Labute approximate surface area is 132 Å². The van der Waals surface area contributed by atoms with Gasteiger partial charge in [-0.15, -0.1) is 0 Å². The number of carbonyl (C=O) groups is 1. The van der Waals surface area contributed by atoms with Crippen molar-refractivity contribution >= 4 is 22.1 Å². The predicted octanol–water partition coefficient (Wildman–Crippen LogP) is 5.85. The van der Waals surface area contributed by atoms with Gasteiger partial charge >= 0.3 is 6.16 Å². The Hall–Kier alpha value is -0.250. The minimum Gasteiger partial charge on any atom is -0.434 e. The number of hydrogen-bond acceptors (Lipinski definition) is 3. The first kappa shape index (κ1) is 19.8. The van der Waals surface area contributed by atoms with Gasteiger partial charge in [-0.3, -0.25) is 0 Å². The van der Waals surface area contributed by atoms with Crippen molar-refractivity contribution in [3.05, 3.63) is 0 Å². The van der Waals surface area contributed by atoms with E-state index in [1.54, 1.807) is 0 Å². The van der Waals surface area contributed by atoms with Crippen LogP contribution in [0.25, 0.3) is 0 Å². The summed E-state index contributed by atoms with van der Waals surface area (Å²) in [6.07, 6.45) is 12.8. The van der Waals surface area contributed by atoms with Crippen LogP contribution in [0.3, 0.4) is 0 Å². The molecule has 0 fully saturated rings. The van der Waals surface area contributed by atoms with Crippen molar-refractivity contribution in [2.24, 2.45) is 0 Å². The highest BCUT2D eigenvalue weighted by molar-refractivity contribution is 9.09. The lowest BCUT2D eigenvalue weighted by Gasteiger charge is -2.06. The van der Waals surface area contributed by atoms with E-state index >= 15 is 0 Å². The Bertz CT molecular complexity index is 210. The van der Waals surface area contributed by atoms with Crippen LogP contribution in [0.4, 0.5) is 4.79 Å². The summed E-state index contributed by atoms with van der Waals surface area (Å²) in [6.45, 7) is 3.20. The summed E-state index contributed by atoms with van der Waals surface area (Å²) < 4.78 is 9.95. The van der Waals surface area contributed by atoms with Crippen LogP contribution in [0, 0.1) is 0 Å². The standard InChI is InChI=1S/C16H31BrO3/c1-2-3-4-5-6-7-8-9-11-14-19-16(18)20-15-12-10-13-17/h2-15H2,1H3. The maximum atomic E-state index is 11.2. The zero-order valence-corrected chi connectivity index (χ0v) is 14.6. The van der Waals surface area contributed by atoms with Crippen LogP contribution in [-0.2, 0) is 9.47 Å². The van der Waals surface area contributed by atoms with Gasteiger partial charge < -0.3 is 9.47 Å². The maximum Gasteiger partial charge on any atom is 0.508 e. The van der Waals surface area contributed by atoms with E-state index < -0.39 is 6.16 Å². The highest BCUT2D eigenvalue weighted by Gasteiger charge is 2.02. The maximum absolute atomic E-state index is 11.2. The van der Waals surface area contributed by atoms with Gasteiger partial charge in [-0.25, -0.2) is 4.79 Å². The van der Waals surface area contributed by atoms with Crippen molar-refractivity contribution < 1.29 is 14.3 Å². The van der Waals surface area contributed by atoms with Crippen LogP contribution in [0.2, 0.25) is 0 Å². The molecule has 0 bridgehead atoms.